The van der Waals surface area contributed by atoms with Gasteiger partial charge in [0.05, 0.1) is 12.8 Å². The van der Waals surface area contributed by atoms with E-state index in [0.717, 1.165) is 33.6 Å². The van der Waals surface area contributed by atoms with Gasteiger partial charge < -0.3 is 15.5 Å². The standard InChI is InChI=1S/C15H16N4O/c1-9-18-14(11-5-3-4-6-12(11)20-2)13-10(7-16)8-17-15(13)19-9/h3-6,8H,7,16H2,1-2H3,(H,17,18,19). The number of fused-ring (bicyclic) bond motifs is 1. The second-order valence-corrected chi connectivity index (χ2v) is 4.56. The van der Waals surface area contributed by atoms with Crippen molar-refractivity contribution in [1.29, 1.82) is 0 Å². The predicted octanol–water partition coefficient (Wildman–Crippen LogP) is 2.40. The normalized spacial score (nSPS) is 10.9. The molecule has 3 N–H and O–H groups in total. The first-order valence-corrected chi connectivity index (χ1v) is 6.42. The number of aromatic amines is 1. The summed E-state index contributed by atoms with van der Waals surface area (Å²) in [6.07, 6.45) is 1.89. The molecule has 5 heteroatoms. The molecule has 0 aliphatic heterocycles. The number of para-hydroxylation sites is 1. The summed E-state index contributed by atoms with van der Waals surface area (Å²) in [7, 11) is 1.66. The highest BCUT2D eigenvalue weighted by atomic mass is 16.5. The fraction of sp³-hybridized carbons (Fsp3) is 0.200. The predicted molar refractivity (Wildman–Crippen MR) is 78.5 cm³/mol. The van der Waals surface area contributed by atoms with E-state index in [2.05, 4.69) is 15.0 Å². The van der Waals surface area contributed by atoms with Crippen molar-refractivity contribution < 1.29 is 4.74 Å². The molecule has 0 bridgehead atoms. The van der Waals surface area contributed by atoms with E-state index in [1.54, 1.807) is 7.11 Å². The van der Waals surface area contributed by atoms with Gasteiger partial charge in [-0.05, 0) is 24.6 Å². The molecule has 0 fully saturated rings. The lowest BCUT2D eigenvalue weighted by atomic mass is 10.1. The molecule has 2 heterocycles. The fourth-order valence-electron chi connectivity index (χ4n) is 2.40. The summed E-state index contributed by atoms with van der Waals surface area (Å²) in [6.45, 7) is 2.32. The van der Waals surface area contributed by atoms with E-state index in [1.807, 2.05) is 37.4 Å². The number of benzene rings is 1. The first kappa shape index (κ1) is 12.6. The molecule has 0 unspecified atom stereocenters. The van der Waals surface area contributed by atoms with Crippen molar-refractivity contribution in [2.45, 2.75) is 13.5 Å². The van der Waals surface area contributed by atoms with E-state index in [0.29, 0.717) is 12.4 Å². The first-order valence-electron chi connectivity index (χ1n) is 6.42. The summed E-state index contributed by atoms with van der Waals surface area (Å²) in [5, 5.41) is 0.961. The minimum absolute atomic E-state index is 0.439. The minimum Gasteiger partial charge on any atom is -0.496 e. The number of hydrogen-bond acceptors (Lipinski definition) is 4. The summed E-state index contributed by atoms with van der Waals surface area (Å²) >= 11 is 0. The van der Waals surface area contributed by atoms with Crippen LogP contribution in [-0.4, -0.2) is 22.1 Å². The smallest absolute Gasteiger partial charge is 0.141 e. The number of ether oxygens (including phenoxy) is 1. The van der Waals surface area contributed by atoms with Crippen LogP contribution in [0.2, 0.25) is 0 Å². The molecule has 0 atom stereocenters. The third-order valence-corrected chi connectivity index (χ3v) is 3.31. The van der Waals surface area contributed by atoms with Crippen LogP contribution in [0.15, 0.2) is 30.5 Å². The Kier molecular flexibility index (Phi) is 3.12. The Labute approximate surface area is 116 Å². The van der Waals surface area contributed by atoms with Gasteiger partial charge in [-0.3, -0.25) is 0 Å². The van der Waals surface area contributed by atoms with E-state index in [1.165, 1.54) is 0 Å². The summed E-state index contributed by atoms with van der Waals surface area (Å²) in [6, 6.07) is 7.82. The van der Waals surface area contributed by atoms with E-state index in [4.69, 9.17) is 10.5 Å². The van der Waals surface area contributed by atoms with Crippen molar-refractivity contribution in [3.8, 4) is 17.0 Å². The molecule has 20 heavy (non-hydrogen) atoms. The van der Waals surface area contributed by atoms with Crippen molar-refractivity contribution in [3.63, 3.8) is 0 Å². The minimum atomic E-state index is 0.439. The highest BCUT2D eigenvalue weighted by Gasteiger charge is 2.16. The van der Waals surface area contributed by atoms with Gasteiger partial charge in [0.25, 0.3) is 0 Å². The van der Waals surface area contributed by atoms with Crippen molar-refractivity contribution >= 4 is 11.0 Å². The second kappa shape index (κ2) is 4.94. The largest absolute Gasteiger partial charge is 0.496 e. The van der Waals surface area contributed by atoms with Gasteiger partial charge in [0.15, 0.2) is 0 Å². The third-order valence-electron chi connectivity index (χ3n) is 3.31. The van der Waals surface area contributed by atoms with Gasteiger partial charge in [-0.25, -0.2) is 9.97 Å². The monoisotopic (exact) mass is 268 g/mol. The van der Waals surface area contributed by atoms with Gasteiger partial charge in [-0.15, -0.1) is 0 Å². The van der Waals surface area contributed by atoms with E-state index >= 15 is 0 Å². The second-order valence-electron chi connectivity index (χ2n) is 4.56. The fourth-order valence-corrected chi connectivity index (χ4v) is 2.40. The molecule has 3 rings (SSSR count). The van der Waals surface area contributed by atoms with E-state index in [9.17, 15) is 0 Å². The zero-order chi connectivity index (χ0) is 14.1. The Balaban J connectivity index is 2.37. The maximum absolute atomic E-state index is 5.81. The quantitative estimate of drug-likeness (QED) is 0.764. The van der Waals surface area contributed by atoms with E-state index in [-0.39, 0.29) is 0 Å². The Morgan fingerprint density at radius 3 is 2.80 bits per heavy atom. The lowest BCUT2D eigenvalue weighted by molar-refractivity contribution is 0.416. The lowest BCUT2D eigenvalue weighted by Gasteiger charge is -2.10. The van der Waals surface area contributed by atoms with Crippen LogP contribution in [0.25, 0.3) is 22.3 Å². The van der Waals surface area contributed by atoms with Crippen molar-refractivity contribution in [3.05, 3.63) is 41.9 Å². The number of aromatic nitrogens is 3. The Hall–Kier alpha value is -2.40. The first-order chi connectivity index (χ1) is 9.74. The number of nitrogens with zero attached hydrogens (tertiary/aromatic N) is 2. The zero-order valence-corrected chi connectivity index (χ0v) is 11.5. The molecule has 1 aromatic carbocycles. The van der Waals surface area contributed by atoms with Crippen LogP contribution in [0.4, 0.5) is 0 Å². The number of aryl methyl sites for hydroxylation is 1. The molecule has 3 aromatic rings. The van der Waals surface area contributed by atoms with Crippen molar-refractivity contribution in [2.75, 3.05) is 7.11 Å². The van der Waals surface area contributed by atoms with Crippen LogP contribution in [0, 0.1) is 6.92 Å². The zero-order valence-electron chi connectivity index (χ0n) is 11.5. The molecular formula is C15H16N4O. The molecule has 5 nitrogen and oxygen atoms in total. The van der Waals surface area contributed by atoms with Gasteiger partial charge in [-0.2, -0.15) is 0 Å². The number of H-pyrrole nitrogens is 1. The van der Waals surface area contributed by atoms with Gasteiger partial charge in [0.2, 0.25) is 0 Å². The maximum Gasteiger partial charge on any atom is 0.141 e. The summed E-state index contributed by atoms with van der Waals surface area (Å²) < 4.78 is 5.44. The van der Waals surface area contributed by atoms with Gasteiger partial charge in [-0.1, -0.05) is 12.1 Å². The van der Waals surface area contributed by atoms with Crippen LogP contribution in [0.1, 0.15) is 11.4 Å². The highest BCUT2D eigenvalue weighted by molar-refractivity contribution is 5.95. The molecule has 0 spiro atoms. The highest BCUT2D eigenvalue weighted by Crippen LogP contribution is 2.34. The van der Waals surface area contributed by atoms with Crippen LogP contribution in [0.5, 0.6) is 5.75 Å². The Bertz CT molecular complexity index is 764. The summed E-state index contributed by atoms with van der Waals surface area (Å²) in [5.74, 6) is 1.50. The molecule has 0 radical (unpaired) electrons. The molecule has 0 aliphatic rings. The van der Waals surface area contributed by atoms with Crippen LogP contribution < -0.4 is 10.5 Å². The van der Waals surface area contributed by atoms with Gasteiger partial charge in [0.1, 0.15) is 17.2 Å². The van der Waals surface area contributed by atoms with Crippen LogP contribution in [-0.2, 0) is 6.54 Å². The van der Waals surface area contributed by atoms with Crippen LogP contribution >= 0.6 is 0 Å². The summed E-state index contributed by atoms with van der Waals surface area (Å²) in [4.78, 5) is 12.2. The summed E-state index contributed by atoms with van der Waals surface area (Å²) in [5.41, 5.74) is 9.41. The Morgan fingerprint density at radius 1 is 1.25 bits per heavy atom. The SMILES string of the molecule is COc1ccccc1-c1nc(C)nc2[nH]cc(CN)c12. The molecule has 0 aliphatic carbocycles. The Morgan fingerprint density at radius 2 is 2.05 bits per heavy atom. The molecule has 0 amide bonds. The lowest BCUT2D eigenvalue weighted by Crippen LogP contribution is -1.99. The van der Waals surface area contributed by atoms with Gasteiger partial charge >= 0.3 is 0 Å². The van der Waals surface area contributed by atoms with Gasteiger partial charge in [0, 0.05) is 23.7 Å². The number of methoxy groups -OCH3 is 1. The maximum atomic E-state index is 5.81. The van der Waals surface area contributed by atoms with E-state index < -0.39 is 0 Å². The number of nitrogens with one attached hydrogen (secondary N) is 1. The number of rotatable bonds is 3. The topological polar surface area (TPSA) is 76.8 Å². The third kappa shape index (κ3) is 1.92. The molecule has 2 aromatic heterocycles. The number of hydrogen-bond donors (Lipinski definition) is 2. The number of nitrogens with two attached hydrogens (primary N) is 1. The molecule has 102 valence electrons. The van der Waals surface area contributed by atoms with Crippen LogP contribution in [0.3, 0.4) is 0 Å². The molecule has 0 saturated heterocycles. The molecule has 0 saturated carbocycles. The average molecular weight is 268 g/mol. The van der Waals surface area contributed by atoms with Crippen molar-refractivity contribution in [1.82, 2.24) is 15.0 Å². The molecular weight excluding hydrogens is 252 g/mol. The average Bonchev–Trinajstić information content (AvgIpc) is 2.89. The van der Waals surface area contributed by atoms with Crippen molar-refractivity contribution in [2.24, 2.45) is 5.73 Å².